The molecular weight excluding hydrogens is 409 g/mol. The Labute approximate surface area is 153 Å². The zero-order valence-corrected chi connectivity index (χ0v) is 14.9. The molecule has 0 atom stereocenters. The van der Waals surface area contributed by atoms with Crippen LogP contribution in [0.2, 0.25) is 0 Å². The first-order valence-corrected chi connectivity index (χ1v) is 8.80. The second-order valence-electron chi connectivity index (χ2n) is 5.15. The summed E-state index contributed by atoms with van der Waals surface area (Å²) < 4.78 is 19.9. The third kappa shape index (κ3) is 3.18. The van der Waals surface area contributed by atoms with Gasteiger partial charge < -0.3 is 9.73 Å². The molecule has 0 saturated heterocycles. The first-order valence-electron chi connectivity index (χ1n) is 7.19. The molecule has 124 valence electrons. The molecule has 0 unspecified atom stereocenters. The van der Waals surface area contributed by atoms with Crippen molar-refractivity contribution in [3.8, 4) is 10.6 Å². The van der Waals surface area contributed by atoms with Gasteiger partial charge >= 0.3 is 5.63 Å². The average Bonchev–Trinajstić information content (AvgIpc) is 3.05. The number of nitrogens with one attached hydrogen (secondary N) is 1. The van der Waals surface area contributed by atoms with Crippen LogP contribution in [0.4, 0.5) is 15.2 Å². The molecule has 0 radical (unpaired) electrons. The molecule has 0 fully saturated rings. The summed E-state index contributed by atoms with van der Waals surface area (Å²) >= 11 is 4.53. The molecule has 2 heterocycles. The molecule has 0 aliphatic rings. The number of hydrogen-bond donors (Lipinski definition) is 1. The number of benzene rings is 2. The van der Waals surface area contributed by atoms with E-state index in [9.17, 15) is 9.18 Å². The van der Waals surface area contributed by atoms with E-state index in [0.29, 0.717) is 27.0 Å². The topological polar surface area (TPSA) is 68.0 Å². The molecule has 0 spiro atoms. The summed E-state index contributed by atoms with van der Waals surface area (Å²) in [6.45, 7) is 0. The monoisotopic (exact) mass is 417 g/mol. The molecule has 4 aromatic rings. The van der Waals surface area contributed by atoms with Gasteiger partial charge in [0.2, 0.25) is 5.13 Å². The summed E-state index contributed by atoms with van der Waals surface area (Å²) in [5, 5.41) is 12.4. The Balaban J connectivity index is 1.72. The van der Waals surface area contributed by atoms with Gasteiger partial charge in [0.1, 0.15) is 11.4 Å². The van der Waals surface area contributed by atoms with Crippen molar-refractivity contribution >= 4 is 49.1 Å². The lowest BCUT2D eigenvalue weighted by molar-refractivity contribution is 0.563. The SMILES string of the molecule is O=c1oc2ccc(Br)cc2cc1-c1nnc(Nc2ccccc2F)s1. The second-order valence-corrected chi connectivity index (χ2v) is 7.04. The Morgan fingerprint density at radius 3 is 2.80 bits per heavy atom. The van der Waals surface area contributed by atoms with Gasteiger partial charge in [0.15, 0.2) is 5.01 Å². The molecule has 1 N–H and O–H groups in total. The highest BCUT2D eigenvalue weighted by atomic mass is 79.9. The maximum Gasteiger partial charge on any atom is 0.346 e. The highest BCUT2D eigenvalue weighted by Gasteiger charge is 2.14. The van der Waals surface area contributed by atoms with E-state index in [1.807, 2.05) is 6.07 Å². The quantitative estimate of drug-likeness (QED) is 0.477. The van der Waals surface area contributed by atoms with Gasteiger partial charge in [-0.05, 0) is 36.4 Å². The normalized spacial score (nSPS) is 11.0. The predicted octanol–water partition coefficient (Wildman–Crippen LogP) is 4.96. The molecule has 4 rings (SSSR count). The van der Waals surface area contributed by atoms with Crippen LogP contribution in [0.1, 0.15) is 0 Å². The summed E-state index contributed by atoms with van der Waals surface area (Å²) in [5.41, 5.74) is 0.596. The molecule has 0 bridgehead atoms. The van der Waals surface area contributed by atoms with Crippen LogP contribution >= 0.6 is 27.3 Å². The molecular formula is C17H9BrFN3O2S. The van der Waals surface area contributed by atoms with Crippen molar-refractivity contribution in [1.82, 2.24) is 10.2 Å². The number of halogens is 2. The first kappa shape index (κ1) is 15.9. The van der Waals surface area contributed by atoms with E-state index in [0.717, 1.165) is 21.2 Å². The van der Waals surface area contributed by atoms with E-state index in [1.165, 1.54) is 6.07 Å². The molecule has 8 heteroatoms. The van der Waals surface area contributed by atoms with Gasteiger partial charge in [-0.3, -0.25) is 0 Å². The van der Waals surface area contributed by atoms with Crippen LogP contribution in [0.15, 0.2) is 62.2 Å². The van der Waals surface area contributed by atoms with E-state index in [4.69, 9.17) is 4.42 Å². The Morgan fingerprint density at radius 2 is 1.96 bits per heavy atom. The number of hydrogen-bond acceptors (Lipinski definition) is 6. The number of aromatic nitrogens is 2. The van der Waals surface area contributed by atoms with Gasteiger partial charge in [0.05, 0.1) is 11.3 Å². The molecule has 2 aromatic carbocycles. The standard InChI is InChI=1S/C17H9BrFN3O2S/c18-10-5-6-14-9(7-10)8-11(16(23)24-14)15-21-22-17(25-15)20-13-4-2-1-3-12(13)19/h1-8H,(H,20,22). The van der Waals surface area contributed by atoms with Crippen LogP contribution in [0.3, 0.4) is 0 Å². The molecule has 0 aliphatic carbocycles. The zero-order valence-electron chi connectivity index (χ0n) is 12.5. The van der Waals surface area contributed by atoms with E-state index >= 15 is 0 Å². The fourth-order valence-electron chi connectivity index (χ4n) is 2.30. The van der Waals surface area contributed by atoms with E-state index in [1.54, 1.807) is 36.4 Å². The van der Waals surface area contributed by atoms with Crippen molar-refractivity contribution in [2.24, 2.45) is 0 Å². The largest absolute Gasteiger partial charge is 0.422 e. The maximum atomic E-state index is 13.7. The Kier molecular flexibility index (Phi) is 4.06. The van der Waals surface area contributed by atoms with Crippen LogP contribution in [-0.2, 0) is 0 Å². The number of rotatable bonds is 3. The van der Waals surface area contributed by atoms with Gasteiger partial charge in [0.25, 0.3) is 0 Å². The van der Waals surface area contributed by atoms with Crippen LogP contribution in [-0.4, -0.2) is 10.2 Å². The van der Waals surface area contributed by atoms with Crippen molar-refractivity contribution in [2.75, 3.05) is 5.32 Å². The number of fused-ring (bicyclic) bond motifs is 1. The Bertz CT molecular complexity index is 1140. The van der Waals surface area contributed by atoms with Crippen LogP contribution < -0.4 is 10.9 Å². The predicted molar refractivity (Wildman–Crippen MR) is 98.8 cm³/mol. The highest BCUT2D eigenvalue weighted by molar-refractivity contribution is 9.10. The van der Waals surface area contributed by atoms with Crippen molar-refractivity contribution in [3.05, 3.63) is 69.2 Å². The van der Waals surface area contributed by atoms with Crippen LogP contribution in [0, 0.1) is 5.82 Å². The first-order chi connectivity index (χ1) is 12.1. The lowest BCUT2D eigenvalue weighted by Gasteiger charge is -2.02. The van der Waals surface area contributed by atoms with Gasteiger partial charge in [0, 0.05) is 9.86 Å². The summed E-state index contributed by atoms with van der Waals surface area (Å²) in [6.07, 6.45) is 0. The third-order valence-electron chi connectivity index (χ3n) is 3.47. The Morgan fingerprint density at radius 1 is 1.12 bits per heavy atom. The minimum Gasteiger partial charge on any atom is -0.422 e. The molecule has 0 aliphatic heterocycles. The maximum absolute atomic E-state index is 13.7. The van der Waals surface area contributed by atoms with Crippen LogP contribution in [0.5, 0.6) is 0 Å². The van der Waals surface area contributed by atoms with E-state index < -0.39 is 11.4 Å². The summed E-state index contributed by atoms with van der Waals surface area (Å²) in [6, 6.07) is 13.3. The summed E-state index contributed by atoms with van der Waals surface area (Å²) in [5.74, 6) is -0.394. The van der Waals surface area contributed by atoms with Crippen molar-refractivity contribution < 1.29 is 8.81 Å². The average molecular weight is 418 g/mol. The fraction of sp³-hybridized carbons (Fsp3) is 0. The summed E-state index contributed by atoms with van der Waals surface area (Å²) in [4.78, 5) is 12.2. The molecule has 0 saturated carbocycles. The smallest absolute Gasteiger partial charge is 0.346 e. The third-order valence-corrected chi connectivity index (χ3v) is 4.83. The minimum atomic E-state index is -0.497. The minimum absolute atomic E-state index is 0.291. The van der Waals surface area contributed by atoms with Gasteiger partial charge in [-0.2, -0.15) is 0 Å². The molecule has 5 nitrogen and oxygen atoms in total. The van der Waals surface area contributed by atoms with E-state index in [2.05, 4.69) is 31.4 Å². The summed E-state index contributed by atoms with van der Waals surface area (Å²) in [7, 11) is 0. The molecule has 25 heavy (non-hydrogen) atoms. The van der Waals surface area contributed by atoms with Crippen molar-refractivity contribution in [2.45, 2.75) is 0 Å². The fourth-order valence-corrected chi connectivity index (χ4v) is 3.44. The van der Waals surface area contributed by atoms with Gasteiger partial charge in [-0.1, -0.05) is 39.4 Å². The second kappa shape index (κ2) is 6.38. The Hall–Kier alpha value is -2.58. The van der Waals surface area contributed by atoms with Crippen molar-refractivity contribution in [1.29, 1.82) is 0 Å². The van der Waals surface area contributed by atoms with Gasteiger partial charge in [-0.15, -0.1) is 10.2 Å². The number of nitrogens with zero attached hydrogens (tertiary/aromatic N) is 2. The lowest BCUT2D eigenvalue weighted by atomic mass is 10.2. The number of para-hydroxylation sites is 1. The lowest BCUT2D eigenvalue weighted by Crippen LogP contribution is -2.02. The van der Waals surface area contributed by atoms with E-state index in [-0.39, 0.29) is 0 Å². The van der Waals surface area contributed by atoms with Gasteiger partial charge in [-0.25, -0.2) is 9.18 Å². The molecule has 0 amide bonds. The number of anilines is 2. The highest BCUT2D eigenvalue weighted by Crippen LogP contribution is 2.29. The van der Waals surface area contributed by atoms with Crippen molar-refractivity contribution in [3.63, 3.8) is 0 Å². The zero-order chi connectivity index (χ0) is 17.4. The molecule has 2 aromatic heterocycles. The van der Waals surface area contributed by atoms with Crippen LogP contribution in [0.25, 0.3) is 21.5 Å².